The highest BCUT2D eigenvalue weighted by Crippen LogP contribution is 1.97. The van der Waals surface area contributed by atoms with E-state index in [2.05, 4.69) is 20.3 Å². The zero-order chi connectivity index (χ0) is 14.1. The van der Waals surface area contributed by atoms with E-state index in [4.69, 9.17) is 4.42 Å². The molecule has 0 aromatic carbocycles. The molecule has 0 saturated heterocycles. The quantitative estimate of drug-likeness (QED) is 0.261. The van der Waals surface area contributed by atoms with Gasteiger partial charge >= 0.3 is 0 Å². The zero-order valence-electron chi connectivity index (χ0n) is 11.5. The minimum atomic E-state index is -3.11. The van der Waals surface area contributed by atoms with Crippen molar-refractivity contribution in [2.24, 2.45) is 4.99 Å². The Kier molecular flexibility index (Phi) is 9.59. The number of rotatable bonds is 7. The van der Waals surface area contributed by atoms with Gasteiger partial charge in [-0.25, -0.2) is 13.1 Å². The molecule has 1 rings (SSSR count). The molecule has 1 heterocycles. The summed E-state index contributed by atoms with van der Waals surface area (Å²) in [7, 11) is -1.43. The van der Waals surface area contributed by atoms with Crippen LogP contribution in [-0.2, 0) is 16.6 Å². The summed E-state index contributed by atoms with van der Waals surface area (Å²) in [6.07, 6.45) is 3.43. The van der Waals surface area contributed by atoms with Gasteiger partial charge in [0.05, 0.1) is 19.1 Å². The molecule has 1 aromatic rings. The molecule has 1 aromatic heterocycles. The molecule has 0 radical (unpaired) electrons. The Balaban J connectivity index is 0.00000361. The maximum atomic E-state index is 10.8. The van der Waals surface area contributed by atoms with Crippen LogP contribution in [0.3, 0.4) is 0 Å². The van der Waals surface area contributed by atoms with E-state index in [1.165, 1.54) is 0 Å². The molecule has 0 atom stereocenters. The third-order valence-electron chi connectivity index (χ3n) is 2.24. The Labute approximate surface area is 136 Å². The summed E-state index contributed by atoms with van der Waals surface area (Å²) in [6.45, 7) is 1.58. The molecule has 20 heavy (non-hydrogen) atoms. The van der Waals surface area contributed by atoms with Crippen LogP contribution in [0.15, 0.2) is 27.8 Å². The monoisotopic (exact) mass is 416 g/mol. The van der Waals surface area contributed by atoms with Crippen LogP contribution in [0.1, 0.15) is 12.2 Å². The molecule has 0 fully saturated rings. The van der Waals surface area contributed by atoms with E-state index in [1.54, 1.807) is 13.3 Å². The topological polar surface area (TPSA) is 95.7 Å². The van der Waals surface area contributed by atoms with Gasteiger partial charge in [-0.3, -0.25) is 4.99 Å². The van der Waals surface area contributed by atoms with Crippen LogP contribution < -0.4 is 15.4 Å². The number of guanidine groups is 1. The van der Waals surface area contributed by atoms with Crippen LogP contribution in [0.25, 0.3) is 0 Å². The van der Waals surface area contributed by atoms with Crippen LogP contribution >= 0.6 is 24.0 Å². The first-order valence-corrected chi connectivity index (χ1v) is 7.82. The third kappa shape index (κ3) is 9.15. The molecule has 0 spiro atoms. The van der Waals surface area contributed by atoms with Crippen molar-refractivity contribution >= 4 is 40.0 Å². The molecule has 0 aliphatic heterocycles. The Hall–Kier alpha value is -0.810. The van der Waals surface area contributed by atoms with Crippen molar-refractivity contribution in [1.82, 2.24) is 15.4 Å². The minimum absolute atomic E-state index is 0. The second-order valence-corrected chi connectivity index (χ2v) is 5.78. The van der Waals surface area contributed by atoms with E-state index >= 15 is 0 Å². The molecule has 0 aliphatic rings. The van der Waals surface area contributed by atoms with E-state index in [1.807, 2.05) is 12.1 Å². The Morgan fingerprint density at radius 2 is 2.10 bits per heavy atom. The number of nitrogens with zero attached hydrogens (tertiary/aromatic N) is 1. The van der Waals surface area contributed by atoms with Gasteiger partial charge in [-0.1, -0.05) is 0 Å². The predicted octanol–water partition coefficient (Wildman–Crippen LogP) is 0.502. The fourth-order valence-electron chi connectivity index (χ4n) is 1.36. The lowest BCUT2D eigenvalue weighted by Gasteiger charge is -2.10. The van der Waals surface area contributed by atoms with Crippen molar-refractivity contribution in [2.45, 2.75) is 13.0 Å². The average molecular weight is 416 g/mol. The smallest absolute Gasteiger partial charge is 0.208 e. The molecule has 9 heteroatoms. The average Bonchev–Trinajstić information content (AvgIpc) is 2.84. The van der Waals surface area contributed by atoms with Gasteiger partial charge in [0, 0.05) is 20.1 Å². The van der Waals surface area contributed by atoms with E-state index in [0.29, 0.717) is 32.0 Å². The van der Waals surface area contributed by atoms with Crippen molar-refractivity contribution in [1.29, 1.82) is 0 Å². The van der Waals surface area contributed by atoms with Gasteiger partial charge in [-0.15, -0.1) is 24.0 Å². The van der Waals surface area contributed by atoms with Crippen molar-refractivity contribution < 1.29 is 12.8 Å². The lowest BCUT2D eigenvalue weighted by atomic mass is 10.4. The normalized spacial score (nSPS) is 11.8. The van der Waals surface area contributed by atoms with E-state index in [0.717, 1.165) is 12.0 Å². The first-order chi connectivity index (χ1) is 9.01. The van der Waals surface area contributed by atoms with Crippen LogP contribution in [0.2, 0.25) is 0 Å². The van der Waals surface area contributed by atoms with E-state index in [9.17, 15) is 8.42 Å². The van der Waals surface area contributed by atoms with Crippen molar-refractivity contribution in [3.63, 3.8) is 0 Å². The molecule has 0 unspecified atom stereocenters. The predicted molar refractivity (Wildman–Crippen MR) is 89.8 cm³/mol. The summed E-state index contributed by atoms with van der Waals surface area (Å²) in [6, 6.07) is 3.69. The second-order valence-electron chi connectivity index (χ2n) is 3.95. The number of furan rings is 1. The van der Waals surface area contributed by atoms with Crippen LogP contribution in [-0.4, -0.2) is 40.8 Å². The Bertz CT molecular complexity index is 488. The molecular weight excluding hydrogens is 395 g/mol. The molecular formula is C11H21IN4O3S. The van der Waals surface area contributed by atoms with Gasteiger partial charge in [-0.2, -0.15) is 0 Å². The zero-order valence-corrected chi connectivity index (χ0v) is 14.7. The summed E-state index contributed by atoms with van der Waals surface area (Å²) >= 11 is 0. The molecule has 0 bridgehead atoms. The second kappa shape index (κ2) is 10.00. The first kappa shape index (κ1) is 19.2. The van der Waals surface area contributed by atoms with Crippen LogP contribution in [0, 0.1) is 0 Å². The largest absolute Gasteiger partial charge is 0.467 e. The van der Waals surface area contributed by atoms with Gasteiger partial charge in [0.15, 0.2) is 5.96 Å². The van der Waals surface area contributed by atoms with Gasteiger partial charge < -0.3 is 15.1 Å². The lowest BCUT2D eigenvalue weighted by molar-refractivity contribution is 0.501. The fourth-order valence-corrected chi connectivity index (χ4v) is 1.87. The first-order valence-electron chi connectivity index (χ1n) is 5.93. The fraction of sp³-hybridized carbons (Fsp3) is 0.545. The number of aliphatic imine (C=N–C) groups is 1. The standard InChI is InChI=1S/C11H20N4O3S.HI/c1-12-11(14-9-10-5-3-8-18-10)13-6-4-7-15-19(2,16)17;/h3,5,8,15H,4,6-7,9H2,1-2H3,(H2,12,13,14);1H. The summed E-state index contributed by atoms with van der Waals surface area (Å²) < 4.78 is 29.3. The maximum absolute atomic E-state index is 10.8. The Morgan fingerprint density at radius 3 is 2.65 bits per heavy atom. The molecule has 7 nitrogen and oxygen atoms in total. The molecule has 116 valence electrons. The number of halogens is 1. The highest BCUT2D eigenvalue weighted by molar-refractivity contribution is 14.0. The highest BCUT2D eigenvalue weighted by atomic mass is 127. The third-order valence-corrected chi connectivity index (χ3v) is 2.97. The van der Waals surface area contributed by atoms with Crippen molar-refractivity contribution in [3.05, 3.63) is 24.2 Å². The number of hydrogen-bond donors (Lipinski definition) is 3. The van der Waals surface area contributed by atoms with Gasteiger partial charge in [0.2, 0.25) is 10.0 Å². The highest BCUT2D eigenvalue weighted by Gasteiger charge is 2.01. The summed E-state index contributed by atoms with van der Waals surface area (Å²) in [5, 5.41) is 6.17. The van der Waals surface area contributed by atoms with Crippen LogP contribution in [0.4, 0.5) is 0 Å². The molecule has 3 N–H and O–H groups in total. The SMILES string of the molecule is CN=C(NCCCNS(C)(=O)=O)NCc1ccco1.I. The summed E-state index contributed by atoms with van der Waals surface area (Å²) in [4.78, 5) is 4.05. The van der Waals surface area contributed by atoms with Crippen molar-refractivity contribution in [2.75, 3.05) is 26.4 Å². The van der Waals surface area contributed by atoms with Gasteiger partial charge in [-0.05, 0) is 18.6 Å². The lowest BCUT2D eigenvalue weighted by Crippen LogP contribution is -2.38. The van der Waals surface area contributed by atoms with Crippen LogP contribution in [0.5, 0.6) is 0 Å². The molecule has 0 saturated carbocycles. The van der Waals surface area contributed by atoms with Gasteiger partial charge in [0.25, 0.3) is 0 Å². The number of hydrogen-bond acceptors (Lipinski definition) is 4. The van der Waals surface area contributed by atoms with E-state index < -0.39 is 10.0 Å². The van der Waals surface area contributed by atoms with E-state index in [-0.39, 0.29) is 24.0 Å². The Morgan fingerprint density at radius 1 is 1.35 bits per heavy atom. The summed E-state index contributed by atoms with van der Waals surface area (Å²) in [5.74, 6) is 1.47. The van der Waals surface area contributed by atoms with Gasteiger partial charge in [0.1, 0.15) is 5.76 Å². The molecule has 0 amide bonds. The number of nitrogens with one attached hydrogen (secondary N) is 3. The van der Waals surface area contributed by atoms with Crippen molar-refractivity contribution in [3.8, 4) is 0 Å². The minimum Gasteiger partial charge on any atom is -0.467 e. The summed E-state index contributed by atoms with van der Waals surface area (Å²) in [5.41, 5.74) is 0. The number of sulfonamides is 1. The molecule has 0 aliphatic carbocycles. The maximum Gasteiger partial charge on any atom is 0.208 e.